The van der Waals surface area contributed by atoms with E-state index >= 15 is 0 Å². The summed E-state index contributed by atoms with van der Waals surface area (Å²) >= 11 is 5.96. The molecule has 1 aromatic carbocycles. The Labute approximate surface area is 130 Å². The van der Waals surface area contributed by atoms with Gasteiger partial charge in [0.1, 0.15) is 12.4 Å². The van der Waals surface area contributed by atoms with Crippen molar-refractivity contribution in [3.63, 3.8) is 0 Å². The van der Waals surface area contributed by atoms with Crippen molar-refractivity contribution in [2.45, 2.75) is 25.8 Å². The molecule has 1 N–H and O–H groups in total. The average molecular weight is 309 g/mol. The van der Waals surface area contributed by atoms with Gasteiger partial charge in [0.05, 0.1) is 5.69 Å². The highest BCUT2D eigenvalue weighted by Crippen LogP contribution is 2.17. The molecule has 5 nitrogen and oxygen atoms in total. The molecule has 2 aromatic rings. The van der Waals surface area contributed by atoms with Crippen molar-refractivity contribution in [2.24, 2.45) is 7.05 Å². The van der Waals surface area contributed by atoms with Gasteiger partial charge >= 0.3 is 0 Å². The Balaban J connectivity index is 1.92. The number of aromatic nitrogens is 3. The summed E-state index contributed by atoms with van der Waals surface area (Å²) in [6, 6.07) is 7.64. The van der Waals surface area contributed by atoms with E-state index in [4.69, 9.17) is 16.3 Å². The van der Waals surface area contributed by atoms with E-state index in [1.807, 2.05) is 37.5 Å². The van der Waals surface area contributed by atoms with Crippen molar-refractivity contribution in [1.82, 2.24) is 20.3 Å². The summed E-state index contributed by atoms with van der Waals surface area (Å²) in [6.45, 7) is 3.66. The molecule has 0 aliphatic rings. The molecule has 0 aliphatic heterocycles. The quantitative estimate of drug-likeness (QED) is 0.814. The lowest BCUT2D eigenvalue weighted by Gasteiger charge is -2.18. The molecule has 1 atom stereocenters. The van der Waals surface area contributed by atoms with Crippen LogP contribution in [-0.4, -0.2) is 34.2 Å². The Kier molecular flexibility index (Phi) is 6.02. The van der Waals surface area contributed by atoms with E-state index in [0.29, 0.717) is 11.6 Å². The molecule has 0 saturated carbocycles. The van der Waals surface area contributed by atoms with Gasteiger partial charge < -0.3 is 10.1 Å². The SMILES string of the molecule is CCCNC(COc1cccc(Cl)c1)Cc1cn(C)nn1. The van der Waals surface area contributed by atoms with Gasteiger partial charge in [0.2, 0.25) is 0 Å². The van der Waals surface area contributed by atoms with E-state index in [9.17, 15) is 0 Å². The summed E-state index contributed by atoms with van der Waals surface area (Å²) < 4.78 is 7.54. The summed E-state index contributed by atoms with van der Waals surface area (Å²) in [7, 11) is 1.87. The Morgan fingerprint density at radius 1 is 1.43 bits per heavy atom. The Morgan fingerprint density at radius 2 is 2.29 bits per heavy atom. The first kappa shape index (κ1) is 15.8. The van der Waals surface area contributed by atoms with Gasteiger partial charge in [-0.05, 0) is 31.2 Å². The normalized spacial score (nSPS) is 12.3. The monoisotopic (exact) mass is 308 g/mol. The lowest BCUT2D eigenvalue weighted by Crippen LogP contribution is -2.37. The molecule has 114 valence electrons. The molecule has 0 bridgehead atoms. The summed E-state index contributed by atoms with van der Waals surface area (Å²) in [5, 5.41) is 12.2. The molecule has 0 radical (unpaired) electrons. The summed E-state index contributed by atoms with van der Waals surface area (Å²) in [4.78, 5) is 0. The van der Waals surface area contributed by atoms with Crippen molar-refractivity contribution in [3.8, 4) is 5.75 Å². The number of hydrogen-bond donors (Lipinski definition) is 1. The van der Waals surface area contributed by atoms with E-state index < -0.39 is 0 Å². The minimum Gasteiger partial charge on any atom is -0.492 e. The van der Waals surface area contributed by atoms with Gasteiger partial charge in [-0.2, -0.15) is 0 Å². The van der Waals surface area contributed by atoms with Crippen molar-refractivity contribution >= 4 is 11.6 Å². The molecule has 0 fully saturated rings. The van der Waals surface area contributed by atoms with E-state index in [0.717, 1.165) is 30.8 Å². The van der Waals surface area contributed by atoms with E-state index in [-0.39, 0.29) is 6.04 Å². The third-order valence-electron chi connectivity index (χ3n) is 3.04. The van der Waals surface area contributed by atoms with E-state index in [2.05, 4.69) is 22.6 Å². The van der Waals surface area contributed by atoms with Crippen molar-refractivity contribution in [3.05, 3.63) is 41.2 Å². The molecule has 21 heavy (non-hydrogen) atoms. The second-order valence-corrected chi connectivity index (χ2v) is 5.44. The number of aryl methyl sites for hydroxylation is 1. The summed E-state index contributed by atoms with van der Waals surface area (Å²) in [6.07, 6.45) is 3.79. The molecule has 0 saturated heterocycles. The standard InChI is InChI=1S/C15H21ClN4O/c1-3-7-17-14(9-13-10-20(2)19-18-13)11-21-15-6-4-5-12(16)8-15/h4-6,8,10,14,17H,3,7,9,11H2,1-2H3. The van der Waals surface area contributed by atoms with Gasteiger partial charge in [-0.1, -0.05) is 29.8 Å². The minimum absolute atomic E-state index is 0.195. The zero-order valence-electron chi connectivity index (χ0n) is 12.4. The summed E-state index contributed by atoms with van der Waals surface area (Å²) in [5.41, 5.74) is 0.959. The number of nitrogens with zero attached hydrogens (tertiary/aromatic N) is 3. The smallest absolute Gasteiger partial charge is 0.120 e. The fourth-order valence-corrected chi connectivity index (χ4v) is 2.21. The number of ether oxygens (including phenoxy) is 1. The fourth-order valence-electron chi connectivity index (χ4n) is 2.03. The highest BCUT2D eigenvalue weighted by atomic mass is 35.5. The molecular formula is C15H21ClN4O. The fraction of sp³-hybridized carbons (Fsp3) is 0.467. The third kappa shape index (κ3) is 5.36. The summed E-state index contributed by atoms with van der Waals surface area (Å²) in [5.74, 6) is 0.782. The molecule has 2 rings (SSSR count). The van der Waals surface area contributed by atoms with E-state index in [1.165, 1.54) is 0 Å². The molecule has 0 amide bonds. The lowest BCUT2D eigenvalue weighted by atomic mass is 10.1. The maximum absolute atomic E-state index is 5.96. The van der Waals surface area contributed by atoms with Crippen molar-refractivity contribution < 1.29 is 4.74 Å². The molecule has 0 spiro atoms. The Bertz CT molecular complexity index is 558. The molecular weight excluding hydrogens is 288 g/mol. The van der Waals surface area contributed by atoms with Gasteiger partial charge in [-0.15, -0.1) is 5.10 Å². The van der Waals surface area contributed by atoms with Crippen LogP contribution in [0.3, 0.4) is 0 Å². The zero-order valence-corrected chi connectivity index (χ0v) is 13.2. The maximum atomic E-state index is 5.96. The molecule has 0 aliphatic carbocycles. The van der Waals surface area contributed by atoms with Gasteiger partial charge in [0, 0.05) is 30.7 Å². The highest BCUT2D eigenvalue weighted by Gasteiger charge is 2.12. The van der Waals surface area contributed by atoms with Crippen molar-refractivity contribution in [2.75, 3.05) is 13.2 Å². The van der Waals surface area contributed by atoms with Crippen LogP contribution < -0.4 is 10.1 Å². The number of halogens is 1. The van der Waals surface area contributed by atoms with Crippen LogP contribution in [0.2, 0.25) is 5.02 Å². The van der Waals surface area contributed by atoms with Gasteiger partial charge in [-0.25, -0.2) is 0 Å². The van der Waals surface area contributed by atoms with Crippen molar-refractivity contribution in [1.29, 1.82) is 0 Å². The number of hydrogen-bond acceptors (Lipinski definition) is 4. The second-order valence-electron chi connectivity index (χ2n) is 5.01. The van der Waals surface area contributed by atoms with Crippen LogP contribution in [0.15, 0.2) is 30.5 Å². The Hall–Kier alpha value is -1.59. The van der Waals surface area contributed by atoms with E-state index in [1.54, 1.807) is 4.68 Å². The lowest BCUT2D eigenvalue weighted by molar-refractivity contribution is 0.262. The third-order valence-corrected chi connectivity index (χ3v) is 3.27. The average Bonchev–Trinajstić information content (AvgIpc) is 2.87. The van der Waals surface area contributed by atoms with Gasteiger partial charge in [-0.3, -0.25) is 4.68 Å². The number of nitrogens with one attached hydrogen (secondary N) is 1. The van der Waals surface area contributed by atoms with Crippen LogP contribution in [0, 0.1) is 0 Å². The van der Waals surface area contributed by atoms with Crippen LogP contribution >= 0.6 is 11.6 Å². The molecule has 1 unspecified atom stereocenters. The largest absolute Gasteiger partial charge is 0.492 e. The molecule has 6 heteroatoms. The first-order chi connectivity index (χ1) is 10.2. The van der Waals surface area contributed by atoms with Gasteiger partial charge in [0.15, 0.2) is 0 Å². The van der Waals surface area contributed by atoms with Crippen LogP contribution in [0.1, 0.15) is 19.0 Å². The first-order valence-corrected chi connectivity index (χ1v) is 7.52. The zero-order chi connectivity index (χ0) is 15.1. The minimum atomic E-state index is 0.195. The predicted molar refractivity (Wildman–Crippen MR) is 83.7 cm³/mol. The topological polar surface area (TPSA) is 52.0 Å². The Morgan fingerprint density at radius 3 is 2.95 bits per heavy atom. The predicted octanol–water partition coefficient (Wildman–Crippen LogP) is 2.46. The van der Waals surface area contributed by atoms with Crippen LogP contribution in [-0.2, 0) is 13.5 Å². The molecule has 1 aromatic heterocycles. The number of rotatable bonds is 8. The maximum Gasteiger partial charge on any atom is 0.120 e. The highest BCUT2D eigenvalue weighted by molar-refractivity contribution is 6.30. The van der Waals surface area contributed by atoms with Crippen LogP contribution in [0.5, 0.6) is 5.75 Å². The van der Waals surface area contributed by atoms with Crippen LogP contribution in [0.25, 0.3) is 0 Å². The van der Waals surface area contributed by atoms with Gasteiger partial charge in [0.25, 0.3) is 0 Å². The molecule has 1 heterocycles. The first-order valence-electron chi connectivity index (χ1n) is 7.14. The van der Waals surface area contributed by atoms with Crippen LogP contribution in [0.4, 0.5) is 0 Å². The number of benzene rings is 1. The second kappa shape index (κ2) is 8.00.